The molecule has 0 heterocycles. The lowest BCUT2D eigenvalue weighted by molar-refractivity contribution is 0.554. The molecule has 0 bridgehead atoms. The first kappa shape index (κ1) is 22.4. The summed E-state index contributed by atoms with van der Waals surface area (Å²) in [6, 6.07) is 14.9. The summed E-state index contributed by atoms with van der Waals surface area (Å²) in [6.45, 7) is 20.7. The van der Waals surface area contributed by atoms with Crippen LogP contribution in [0.1, 0.15) is 90.1 Å². The number of nitrogens with zero attached hydrogens (tertiary/aromatic N) is 1. The van der Waals surface area contributed by atoms with Crippen LogP contribution in [-0.4, -0.2) is 5.80 Å². The van der Waals surface area contributed by atoms with Gasteiger partial charge in [-0.05, 0) is 56.4 Å². The SMILES string of the molecule is CC(C)(C)c1cc(C(C)(C)C)c(P=Cc2ccc(C#N)cc2)c(C(C)(C)C)c1. The van der Waals surface area contributed by atoms with E-state index < -0.39 is 0 Å². The van der Waals surface area contributed by atoms with Crippen LogP contribution in [0.3, 0.4) is 0 Å². The standard InChI is InChI=1S/C26H34NP/c1-24(2,3)20-14-21(25(4,5)6)23(22(15-20)26(7,8)9)28-17-19-12-10-18(16-27)11-13-19/h10-15,17H,1-9H3. The van der Waals surface area contributed by atoms with Gasteiger partial charge in [-0.15, -0.1) is 0 Å². The lowest BCUT2D eigenvalue weighted by atomic mass is 9.75. The molecule has 148 valence electrons. The molecule has 0 aliphatic rings. The van der Waals surface area contributed by atoms with Gasteiger partial charge in [0.05, 0.1) is 11.6 Å². The first-order chi connectivity index (χ1) is 12.7. The summed E-state index contributed by atoms with van der Waals surface area (Å²) in [4.78, 5) is 0. The molecule has 28 heavy (non-hydrogen) atoms. The van der Waals surface area contributed by atoms with E-state index in [0.717, 1.165) is 5.56 Å². The molecule has 0 unspecified atom stereocenters. The lowest BCUT2D eigenvalue weighted by Crippen LogP contribution is -2.29. The Morgan fingerprint density at radius 1 is 0.750 bits per heavy atom. The zero-order chi connectivity index (χ0) is 21.3. The van der Waals surface area contributed by atoms with Gasteiger partial charge in [0.1, 0.15) is 0 Å². The molecule has 0 spiro atoms. The van der Waals surface area contributed by atoms with Gasteiger partial charge in [0, 0.05) is 5.30 Å². The van der Waals surface area contributed by atoms with Crippen molar-refractivity contribution in [1.82, 2.24) is 0 Å². The average Bonchev–Trinajstić information content (AvgIpc) is 2.57. The molecule has 0 saturated heterocycles. The van der Waals surface area contributed by atoms with Gasteiger partial charge in [-0.1, -0.05) is 94.8 Å². The zero-order valence-electron chi connectivity index (χ0n) is 18.9. The molecule has 2 rings (SSSR count). The van der Waals surface area contributed by atoms with Crippen LogP contribution in [-0.2, 0) is 16.2 Å². The first-order valence-corrected chi connectivity index (χ1v) is 10.9. The second-order valence-corrected chi connectivity index (χ2v) is 11.6. The number of hydrogen-bond donors (Lipinski definition) is 0. The van der Waals surface area contributed by atoms with Crippen LogP contribution in [0.15, 0.2) is 36.4 Å². The highest BCUT2D eigenvalue weighted by Gasteiger charge is 2.28. The normalized spacial score (nSPS) is 13.0. The van der Waals surface area contributed by atoms with Gasteiger partial charge in [0.15, 0.2) is 0 Å². The van der Waals surface area contributed by atoms with Crippen LogP contribution in [0, 0.1) is 11.3 Å². The Bertz CT molecular complexity index is 870. The van der Waals surface area contributed by atoms with E-state index in [2.05, 4.69) is 86.3 Å². The Morgan fingerprint density at radius 2 is 1.21 bits per heavy atom. The maximum Gasteiger partial charge on any atom is 0.0991 e. The van der Waals surface area contributed by atoms with Crippen molar-refractivity contribution in [2.45, 2.75) is 78.6 Å². The molecule has 0 radical (unpaired) electrons. The van der Waals surface area contributed by atoms with E-state index in [4.69, 9.17) is 5.26 Å². The van der Waals surface area contributed by atoms with Crippen LogP contribution in [0.2, 0.25) is 0 Å². The van der Waals surface area contributed by atoms with Crippen LogP contribution < -0.4 is 5.30 Å². The van der Waals surface area contributed by atoms with Crippen LogP contribution in [0.5, 0.6) is 0 Å². The van der Waals surface area contributed by atoms with Crippen LogP contribution in [0.25, 0.3) is 0 Å². The number of hydrogen-bond acceptors (Lipinski definition) is 1. The summed E-state index contributed by atoms with van der Waals surface area (Å²) in [6.07, 6.45) is 0. The van der Waals surface area contributed by atoms with E-state index in [1.54, 1.807) is 0 Å². The van der Waals surface area contributed by atoms with Crippen molar-refractivity contribution >= 4 is 19.3 Å². The van der Waals surface area contributed by atoms with Gasteiger partial charge in [0.2, 0.25) is 0 Å². The van der Waals surface area contributed by atoms with Gasteiger partial charge in [-0.2, -0.15) is 5.26 Å². The molecule has 2 aromatic carbocycles. The summed E-state index contributed by atoms with van der Waals surface area (Å²) in [5, 5.41) is 10.4. The molecule has 0 aliphatic heterocycles. The van der Waals surface area contributed by atoms with Crippen molar-refractivity contribution < 1.29 is 0 Å². The number of nitriles is 1. The Labute approximate surface area is 173 Å². The highest BCUT2D eigenvalue weighted by Crippen LogP contribution is 2.35. The largest absolute Gasteiger partial charge is 0.192 e. The van der Waals surface area contributed by atoms with E-state index in [1.165, 1.54) is 30.2 Å². The van der Waals surface area contributed by atoms with Gasteiger partial charge >= 0.3 is 0 Å². The monoisotopic (exact) mass is 391 g/mol. The topological polar surface area (TPSA) is 23.8 Å². The van der Waals surface area contributed by atoms with Crippen molar-refractivity contribution in [2.75, 3.05) is 0 Å². The van der Waals surface area contributed by atoms with E-state index in [-0.39, 0.29) is 16.2 Å². The van der Waals surface area contributed by atoms with E-state index in [0.29, 0.717) is 5.56 Å². The molecule has 0 amide bonds. The fourth-order valence-electron chi connectivity index (χ4n) is 3.13. The molecule has 0 fully saturated rings. The van der Waals surface area contributed by atoms with Gasteiger partial charge in [0.25, 0.3) is 0 Å². The smallest absolute Gasteiger partial charge is 0.0991 e. The van der Waals surface area contributed by atoms with Crippen molar-refractivity contribution in [2.24, 2.45) is 0 Å². The molecule has 0 saturated carbocycles. The zero-order valence-corrected chi connectivity index (χ0v) is 19.8. The predicted octanol–water partition coefficient (Wildman–Crippen LogP) is 6.87. The van der Waals surface area contributed by atoms with Crippen molar-refractivity contribution in [3.63, 3.8) is 0 Å². The van der Waals surface area contributed by atoms with E-state index in [1.807, 2.05) is 24.3 Å². The minimum absolute atomic E-state index is 0.0715. The van der Waals surface area contributed by atoms with Crippen molar-refractivity contribution in [1.29, 1.82) is 5.26 Å². The Kier molecular flexibility index (Phi) is 6.28. The molecule has 1 nitrogen and oxygen atoms in total. The Balaban J connectivity index is 2.72. The summed E-state index contributed by atoms with van der Waals surface area (Å²) in [5.41, 5.74) is 6.37. The van der Waals surface area contributed by atoms with E-state index in [9.17, 15) is 0 Å². The molecule has 0 N–H and O–H groups in total. The minimum Gasteiger partial charge on any atom is -0.192 e. The number of rotatable bonds is 2. The van der Waals surface area contributed by atoms with E-state index >= 15 is 0 Å². The molecule has 0 atom stereocenters. The molecule has 0 aliphatic carbocycles. The molecular weight excluding hydrogens is 357 g/mol. The fourth-order valence-corrected chi connectivity index (χ4v) is 4.66. The van der Waals surface area contributed by atoms with Crippen LogP contribution >= 0.6 is 8.20 Å². The summed E-state index contributed by atoms with van der Waals surface area (Å²) < 4.78 is 0. The van der Waals surface area contributed by atoms with Crippen molar-refractivity contribution in [3.8, 4) is 6.07 Å². The average molecular weight is 392 g/mol. The second-order valence-electron chi connectivity index (χ2n) is 10.7. The predicted molar refractivity (Wildman–Crippen MR) is 125 cm³/mol. The maximum absolute atomic E-state index is 9.02. The fraction of sp³-hybridized carbons (Fsp3) is 0.462. The highest BCUT2D eigenvalue weighted by molar-refractivity contribution is 7.48. The Morgan fingerprint density at radius 3 is 1.57 bits per heavy atom. The molecule has 2 heteroatoms. The van der Waals surface area contributed by atoms with Gasteiger partial charge in [-0.25, -0.2) is 0 Å². The molecular formula is C26H34NP. The highest BCUT2D eigenvalue weighted by atomic mass is 31.1. The Hall–Kier alpha value is -1.90. The molecule has 2 aromatic rings. The quantitative estimate of drug-likeness (QED) is 0.512. The maximum atomic E-state index is 9.02. The first-order valence-electron chi connectivity index (χ1n) is 9.97. The second kappa shape index (κ2) is 7.85. The van der Waals surface area contributed by atoms with Gasteiger partial charge in [-0.3, -0.25) is 0 Å². The van der Waals surface area contributed by atoms with Crippen molar-refractivity contribution in [3.05, 3.63) is 64.2 Å². The lowest BCUT2D eigenvalue weighted by Gasteiger charge is -2.32. The summed E-state index contributed by atoms with van der Waals surface area (Å²) in [5.74, 6) is 2.26. The summed E-state index contributed by atoms with van der Waals surface area (Å²) in [7, 11) is 1.20. The van der Waals surface area contributed by atoms with Gasteiger partial charge < -0.3 is 0 Å². The third kappa shape index (κ3) is 5.33. The van der Waals surface area contributed by atoms with Crippen LogP contribution in [0.4, 0.5) is 0 Å². The third-order valence-corrected chi connectivity index (χ3v) is 6.14. The molecule has 0 aromatic heterocycles. The third-order valence-electron chi connectivity index (χ3n) is 4.97. The minimum atomic E-state index is 0.0715. The number of benzene rings is 2. The summed E-state index contributed by atoms with van der Waals surface area (Å²) >= 11 is 0.